The molecule has 2 N–H and O–H groups in total. The normalized spacial score (nSPS) is 10.7. The molecule has 0 spiro atoms. The first-order chi connectivity index (χ1) is 7.79. The molecule has 92 valence electrons. The first kappa shape index (κ1) is 13.6. The van der Waals surface area contributed by atoms with Crippen LogP contribution in [0.25, 0.3) is 0 Å². The van der Waals surface area contributed by atoms with Crippen molar-refractivity contribution in [2.75, 3.05) is 11.6 Å². The Labute approximate surface area is 105 Å². The van der Waals surface area contributed by atoms with E-state index >= 15 is 0 Å². The van der Waals surface area contributed by atoms with Gasteiger partial charge in [-0.15, -0.1) is 0 Å². The molecule has 1 rings (SSSR count). The maximum atomic E-state index is 11.2. The number of sulfone groups is 1. The maximum Gasteiger partial charge on any atom is 0.222 e. The van der Waals surface area contributed by atoms with E-state index in [1.807, 2.05) is 0 Å². The summed E-state index contributed by atoms with van der Waals surface area (Å²) in [5.74, 6) is -0.268. The minimum atomic E-state index is -3.20. The Morgan fingerprint density at radius 3 is 2.18 bits per heavy atom. The number of benzene rings is 1. The second-order valence-corrected chi connectivity index (χ2v) is 5.86. The van der Waals surface area contributed by atoms with E-state index in [0.29, 0.717) is 5.69 Å². The van der Waals surface area contributed by atoms with Crippen LogP contribution in [0.3, 0.4) is 0 Å². The van der Waals surface area contributed by atoms with Gasteiger partial charge in [-0.05, 0) is 36.5 Å². The first-order valence-corrected chi connectivity index (χ1v) is 6.97. The number of nitrogens with one attached hydrogen (secondary N) is 2. The highest BCUT2D eigenvalue weighted by molar-refractivity contribution is 7.90. The lowest BCUT2D eigenvalue weighted by Gasteiger charge is -2.08. The molecule has 7 heteroatoms. The lowest BCUT2D eigenvalue weighted by atomic mass is 10.3. The van der Waals surface area contributed by atoms with Gasteiger partial charge in [0.2, 0.25) is 5.91 Å². The molecular formula is C10H12N2O3S2. The number of rotatable bonds is 2. The molecule has 0 unspecified atom stereocenters. The molecule has 0 aromatic heterocycles. The molecule has 1 amide bonds. The Hall–Kier alpha value is -1.47. The Morgan fingerprint density at radius 2 is 1.76 bits per heavy atom. The minimum absolute atomic E-state index is 0.171. The molecule has 1 aromatic rings. The summed E-state index contributed by atoms with van der Waals surface area (Å²) in [5, 5.41) is 5.33. The molecule has 0 aliphatic heterocycles. The fourth-order valence-corrected chi connectivity index (χ4v) is 2.00. The fourth-order valence-electron chi connectivity index (χ4n) is 1.11. The number of amides is 1. The van der Waals surface area contributed by atoms with E-state index in [-0.39, 0.29) is 15.9 Å². The summed E-state index contributed by atoms with van der Waals surface area (Å²) in [6.45, 7) is 1.35. The summed E-state index contributed by atoms with van der Waals surface area (Å²) < 4.78 is 22.4. The molecule has 0 saturated heterocycles. The van der Waals surface area contributed by atoms with E-state index < -0.39 is 9.84 Å². The third kappa shape index (κ3) is 4.49. The van der Waals surface area contributed by atoms with Gasteiger partial charge in [0.05, 0.1) is 4.90 Å². The van der Waals surface area contributed by atoms with Crippen molar-refractivity contribution in [1.82, 2.24) is 5.32 Å². The predicted octanol–water partition coefficient (Wildman–Crippen LogP) is 0.923. The van der Waals surface area contributed by atoms with Crippen LogP contribution < -0.4 is 10.6 Å². The van der Waals surface area contributed by atoms with Crippen molar-refractivity contribution in [3.63, 3.8) is 0 Å². The van der Waals surface area contributed by atoms with Crippen LogP contribution in [-0.4, -0.2) is 25.7 Å². The van der Waals surface area contributed by atoms with E-state index in [1.54, 1.807) is 12.1 Å². The van der Waals surface area contributed by atoms with Gasteiger partial charge in [-0.25, -0.2) is 8.42 Å². The van der Waals surface area contributed by atoms with Gasteiger partial charge >= 0.3 is 0 Å². The van der Waals surface area contributed by atoms with E-state index in [0.717, 1.165) is 6.26 Å². The first-order valence-electron chi connectivity index (χ1n) is 4.68. The number of hydrogen-bond acceptors (Lipinski definition) is 4. The standard InChI is InChI=1S/C10H12N2O3S2/c1-7(13)11-10(16)12-8-3-5-9(6-4-8)17(2,14)15/h3-6H,1-2H3,(H2,11,12,13,16). The van der Waals surface area contributed by atoms with Crippen molar-refractivity contribution in [3.8, 4) is 0 Å². The Kier molecular flexibility index (Phi) is 4.19. The molecule has 0 bridgehead atoms. The van der Waals surface area contributed by atoms with Crippen LogP contribution in [0.2, 0.25) is 0 Å². The molecule has 0 saturated carbocycles. The van der Waals surface area contributed by atoms with Gasteiger partial charge in [0, 0.05) is 18.9 Å². The predicted molar refractivity (Wildman–Crippen MR) is 69.6 cm³/mol. The highest BCUT2D eigenvalue weighted by atomic mass is 32.2. The zero-order chi connectivity index (χ0) is 13.1. The monoisotopic (exact) mass is 272 g/mol. The topological polar surface area (TPSA) is 75.3 Å². The van der Waals surface area contributed by atoms with Gasteiger partial charge in [0.15, 0.2) is 14.9 Å². The van der Waals surface area contributed by atoms with Crippen LogP contribution in [-0.2, 0) is 14.6 Å². The second-order valence-electron chi connectivity index (χ2n) is 3.43. The fraction of sp³-hybridized carbons (Fsp3) is 0.200. The quantitative estimate of drug-likeness (QED) is 0.783. The van der Waals surface area contributed by atoms with Crippen molar-refractivity contribution in [1.29, 1.82) is 0 Å². The Morgan fingerprint density at radius 1 is 1.24 bits per heavy atom. The van der Waals surface area contributed by atoms with E-state index in [2.05, 4.69) is 10.6 Å². The van der Waals surface area contributed by atoms with Crippen LogP contribution in [0.1, 0.15) is 6.92 Å². The van der Waals surface area contributed by atoms with Crippen LogP contribution in [0.4, 0.5) is 5.69 Å². The molecule has 5 nitrogen and oxygen atoms in total. The molecule has 0 fully saturated rings. The SMILES string of the molecule is CC(=O)NC(=S)Nc1ccc(S(C)(=O)=O)cc1. The molecule has 0 heterocycles. The zero-order valence-electron chi connectivity index (χ0n) is 9.35. The van der Waals surface area contributed by atoms with Crippen molar-refractivity contribution in [3.05, 3.63) is 24.3 Å². The van der Waals surface area contributed by atoms with Gasteiger partial charge in [-0.2, -0.15) is 0 Å². The number of thiocarbonyl (C=S) groups is 1. The van der Waals surface area contributed by atoms with Crippen LogP contribution in [0.15, 0.2) is 29.2 Å². The van der Waals surface area contributed by atoms with Crippen molar-refractivity contribution in [2.24, 2.45) is 0 Å². The summed E-state index contributed by atoms with van der Waals surface area (Å²) in [5.41, 5.74) is 0.608. The lowest BCUT2D eigenvalue weighted by Crippen LogP contribution is -2.32. The number of carbonyl (C=O) groups is 1. The average Bonchev–Trinajstić information content (AvgIpc) is 2.15. The maximum absolute atomic E-state index is 11.2. The number of hydrogen-bond donors (Lipinski definition) is 2. The van der Waals surface area contributed by atoms with Gasteiger partial charge in [-0.3, -0.25) is 4.79 Å². The summed E-state index contributed by atoms with van der Waals surface area (Å²) in [6.07, 6.45) is 1.14. The highest BCUT2D eigenvalue weighted by Gasteiger charge is 2.06. The largest absolute Gasteiger partial charge is 0.332 e. The van der Waals surface area contributed by atoms with E-state index in [9.17, 15) is 13.2 Å². The number of carbonyl (C=O) groups excluding carboxylic acids is 1. The van der Waals surface area contributed by atoms with Crippen molar-refractivity contribution in [2.45, 2.75) is 11.8 Å². The molecule has 0 atom stereocenters. The summed E-state index contributed by atoms with van der Waals surface area (Å²) >= 11 is 4.86. The van der Waals surface area contributed by atoms with Crippen LogP contribution in [0, 0.1) is 0 Å². The third-order valence-electron chi connectivity index (χ3n) is 1.83. The van der Waals surface area contributed by atoms with E-state index in [4.69, 9.17) is 12.2 Å². The van der Waals surface area contributed by atoms with E-state index in [1.165, 1.54) is 19.1 Å². The molecule has 0 aliphatic rings. The van der Waals surface area contributed by atoms with Crippen molar-refractivity contribution < 1.29 is 13.2 Å². The van der Waals surface area contributed by atoms with Crippen LogP contribution >= 0.6 is 12.2 Å². The van der Waals surface area contributed by atoms with Gasteiger partial charge in [0.25, 0.3) is 0 Å². The summed E-state index contributed by atoms with van der Waals surface area (Å²) in [4.78, 5) is 10.9. The Bertz CT molecular complexity index is 535. The summed E-state index contributed by atoms with van der Waals surface area (Å²) in [6, 6.07) is 6.08. The Balaban J connectivity index is 2.76. The zero-order valence-corrected chi connectivity index (χ0v) is 11.0. The number of anilines is 1. The third-order valence-corrected chi connectivity index (χ3v) is 3.16. The highest BCUT2D eigenvalue weighted by Crippen LogP contribution is 2.13. The summed E-state index contributed by atoms with van der Waals surface area (Å²) in [7, 11) is -3.20. The molecule has 0 aliphatic carbocycles. The molecule has 0 radical (unpaired) electrons. The van der Waals surface area contributed by atoms with Gasteiger partial charge in [0.1, 0.15) is 0 Å². The lowest BCUT2D eigenvalue weighted by molar-refractivity contribution is -0.117. The van der Waals surface area contributed by atoms with Crippen LogP contribution in [0.5, 0.6) is 0 Å². The second kappa shape index (κ2) is 5.24. The smallest absolute Gasteiger partial charge is 0.222 e. The molecule has 17 heavy (non-hydrogen) atoms. The van der Waals surface area contributed by atoms with Gasteiger partial charge in [-0.1, -0.05) is 0 Å². The average molecular weight is 272 g/mol. The molecule has 1 aromatic carbocycles. The van der Waals surface area contributed by atoms with Crippen molar-refractivity contribution >= 4 is 38.8 Å². The van der Waals surface area contributed by atoms with Gasteiger partial charge < -0.3 is 10.6 Å². The molecular weight excluding hydrogens is 260 g/mol. The minimum Gasteiger partial charge on any atom is -0.332 e.